The van der Waals surface area contributed by atoms with E-state index < -0.39 is 0 Å². The first-order valence-electron chi connectivity index (χ1n) is 4.36. The molecule has 0 aliphatic rings. The zero-order valence-corrected chi connectivity index (χ0v) is 9.65. The SMILES string of the molecule is N=C(Nc1ccc(Br)cc1)c1nonc1N. The highest BCUT2D eigenvalue weighted by Gasteiger charge is 2.11. The second-order valence-corrected chi connectivity index (χ2v) is 3.92. The molecule has 2 aromatic rings. The molecule has 0 bridgehead atoms. The maximum absolute atomic E-state index is 7.71. The molecule has 0 saturated carbocycles. The van der Waals surface area contributed by atoms with Gasteiger partial charge in [-0.15, -0.1) is 0 Å². The van der Waals surface area contributed by atoms with Crippen LogP contribution in [0.5, 0.6) is 0 Å². The third-order valence-corrected chi connectivity index (χ3v) is 2.39. The lowest BCUT2D eigenvalue weighted by molar-refractivity contribution is 0.308. The minimum Gasteiger partial charge on any atom is -0.379 e. The van der Waals surface area contributed by atoms with Crippen molar-refractivity contribution in [3.63, 3.8) is 0 Å². The Bertz CT molecular complexity index is 507. The van der Waals surface area contributed by atoms with Crippen molar-refractivity contribution in [3.05, 3.63) is 34.4 Å². The molecule has 0 spiro atoms. The first-order chi connectivity index (χ1) is 7.66. The number of halogens is 1. The van der Waals surface area contributed by atoms with Gasteiger partial charge in [-0.2, -0.15) is 0 Å². The highest BCUT2D eigenvalue weighted by atomic mass is 79.9. The van der Waals surface area contributed by atoms with E-state index in [2.05, 4.69) is 36.2 Å². The molecule has 0 atom stereocenters. The van der Waals surface area contributed by atoms with Crippen LogP contribution >= 0.6 is 15.9 Å². The largest absolute Gasteiger partial charge is 0.379 e. The maximum Gasteiger partial charge on any atom is 0.199 e. The van der Waals surface area contributed by atoms with Crippen LogP contribution in [0.2, 0.25) is 0 Å². The van der Waals surface area contributed by atoms with Crippen molar-refractivity contribution in [2.45, 2.75) is 0 Å². The molecule has 1 aromatic carbocycles. The van der Waals surface area contributed by atoms with Gasteiger partial charge in [0.2, 0.25) is 0 Å². The second-order valence-electron chi connectivity index (χ2n) is 3.00. The number of rotatable bonds is 2. The van der Waals surface area contributed by atoms with Gasteiger partial charge in [-0.25, -0.2) is 4.63 Å². The van der Waals surface area contributed by atoms with Gasteiger partial charge >= 0.3 is 0 Å². The number of nitrogens with one attached hydrogen (secondary N) is 2. The standard InChI is InChI=1S/C9H8BrN5O/c10-5-1-3-6(4-2-5)13-8(11)7-9(12)15-16-14-7/h1-4H,(H2,11,13)(H2,12,15). The summed E-state index contributed by atoms with van der Waals surface area (Å²) in [6.07, 6.45) is 0. The minimum atomic E-state index is 0.0427. The molecule has 6 nitrogen and oxygen atoms in total. The molecule has 0 aliphatic heterocycles. The van der Waals surface area contributed by atoms with E-state index in [1.165, 1.54) is 0 Å². The highest BCUT2D eigenvalue weighted by molar-refractivity contribution is 9.10. The van der Waals surface area contributed by atoms with Crippen molar-refractivity contribution >= 4 is 33.3 Å². The lowest BCUT2D eigenvalue weighted by Gasteiger charge is -2.04. The summed E-state index contributed by atoms with van der Waals surface area (Å²) in [4.78, 5) is 0. The number of benzene rings is 1. The topological polar surface area (TPSA) is 101 Å². The van der Waals surface area contributed by atoms with Crippen molar-refractivity contribution in [2.24, 2.45) is 0 Å². The molecular formula is C9H8BrN5O. The summed E-state index contributed by atoms with van der Waals surface area (Å²) in [6, 6.07) is 7.37. The van der Waals surface area contributed by atoms with Crippen LogP contribution in [-0.4, -0.2) is 16.1 Å². The van der Waals surface area contributed by atoms with Gasteiger partial charge in [-0.3, -0.25) is 5.41 Å². The molecule has 4 N–H and O–H groups in total. The van der Waals surface area contributed by atoms with Crippen LogP contribution in [0.15, 0.2) is 33.4 Å². The van der Waals surface area contributed by atoms with Gasteiger partial charge in [-0.05, 0) is 34.6 Å². The predicted octanol–water partition coefficient (Wildman–Crippen LogP) is 1.85. The first kappa shape index (κ1) is 10.6. The molecular weight excluding hydrogens is 274 g/mol. The van der Waals surface area contributed by atoms with Crippen molar-refractivity contribution in [1.82, 2.24) is 10.3 Å². The maximum atomic E-state index is 7.71. The molecule has 0 aliphatic carbocycles. The van der Waals surface area contributed by atoms with Crippen LogP contribution in [-0.2, 0) is 0 Å². The third-order valence-electron chi connectivity index (χ3n) is 1.86. The van der Waals surface area contributed by atoms with Gasteiger partial charge in [0, 0.05) is 10.2 Å². The summed E-state index contributed by atoms with van der Waals surface area (Å²) < 4.78 is 5.37. The lowest BCUT2D eigenvalue weighted by atomic mass is 10.3. The molecule has 7 heteroatoms. The summed E-state index contributed by atoms with van der Waals surface area (Å²) in [6.45, 7) is 0. The molecule has 82 valence electrons. The number of aromatic nitrogens is 2. The fraction of sp³-hybridized carbons (Fsp3) is 0. The van der Waals surface area contributed by atoms with E-state index >= 15 is 0 Å². The van der Waals surface area contributed by atoms with Gasteiger partial charge in [0.15, 0.2) is 17.3 Å². The van der Waals surface area contributed by atoms with Crippen LogP contribution in [0.3, 0.4) is 0 Å². The quantitative estimate of drug-likeness (QED) is 0.576. The summed E-state index contributed by atoms with van der Waals surface area (Å²) in [5, 5.41) is 17.5. The Kier molecular flexibility index (Phi) is 2.86. The van der Waals surface area contributed by atoms with Crippen LogP contribution in [0.4, 0.5) is 11.5 Å². The fourth-order valence-electron chi connectivity index (χ4n) is 1.11. The van der Waals surface area contributed by atoms with Crippen molar-refractivity contribution in [3.8, 4) is 0 Å². The van der Waals surface area contributed by atoms with Gasteiger partial charge in [0.25, 0.3) is 0 Å². The zero-order chi connectivity index (χ0) is 11.5. The summed E-state index contributed by atoms with van der Waals surface area (Å²) in [5.41, 5.74) is 6.42. The van der Waals surface area contributed by atoms with E-state index in [0.717, 1.165) is 10.2 Å². The summed E-state index contributed by atoms with van der Waals surface area (Å²) in [7, 11) is 0. The van der Waals surface area contributed by atoms with E-state index in [4.69, 9.17) is 11.1 Å². The molecule has 16 heavy (non-hydrogen) atoms. The number of hydrogen-bond donors (Lipinski definition) is 3. The van der Waals surface area contributed by atoms with E-state index in [9.17, 15) is 0 Å². The van der Waals surface area contributed by atoms with Crippen molar-refractivity contribution in [1.29, 1.82) is 5.41 Å². The molecule has 0 saturated heterocycles. The second kappa shape index (κ2) is 4.31. The monoisotopic (exact) mass is 281 g/mol. The van der Waals surface area contributed by atoms with E-state index in [-0.39, 0.29) is 17.3 Å². The number of nitrogens with two attached hydrogens (primary N) is 1. The number of amidine groups is 1. The van der Waals surface area contributed by atoms with Crippen LogP contribution < -0.4 is 11.1 Å². The van der Waals surface area contributed by atoms with E-state index in [1.807, 2.05) is 24.3 Å². The fourth-order valence-corrected chi connectivity index (χ4v) is 1.37. The molecule has 0 amide bonds. The predicted molar refractivity (Wildman–Crippen MR) is 63.3 cm³/mol. The average Bonchev–Trinajstić information content (AvgIpc) is 2.68. The molecule has 0 radical (unpaired) electrons. The van der Waals surface area contributed by atoms with E-state index in [0.29, 0.717) is 0 Å². The molecule has 1 aromatic heterocycles. The summed E-state index contributed by atoms with van der Waals surface area (Å²) in [5.74, 6) is 0.135. The van der Waals surface area contributed by atoms with Gasteiger partial charge in [0.05, 0.1) is 0 Å². The normalized spacial score (nSPS) is 10.1. The van der Waals surface area contributed by atoms with Crippen LogP contribution in [0, 0.1) is 5.41 Å². The summed E-state index contributed by atoms with van der Waals surface area (Å²) >= 11 is 3.32. The Balaban J connectivity index is 2.14. The first-order valence-corrected chi connectivity index (χ1v) is 5.15. The lowest BCUT2D eigenvalue weighted by Crippen LogP contribution is -2.14. The molecule has 0 fully saturated rings. The van der Waals surface area contributed by atoms with Crippen molar-refractivity contribution in [2.75, 3.05) is 11.1 Å². The Morgan fingerprint density at radius 2 is 2.00 bits per heavy atom. The Morgan fingerprint density at radius 3 is 2.56 bits per heavy atom. The van der Waals surface area contributed by atoms with Gasteiger partial charge in [0.1, 0.15) is 0 Å². The van der Waals surface area contributed by atoms with Crippen LogP contribution in [0.1, 0.15) is 5.69 Å². The van der Waals surface area contributed by atoms with Gasteiger partial charge in [-0.1, -0.05) is 15.9 Å². The zero-order valence-electron chi connectivity index (χ0n) is 8.07. The number of hydrogen-bond acceptors (Lipinski definition) is 5. The highest BCUT2D eigenvalue weighted by Crippen LogP contribution is 2.15. The van der Waals surface area contributed by atoms with Crippen LogP contribution in [0.25, 0.3) is 0 Å². The number of nitrogens with zero attached hydrogens (tertiary/aromatic N) is 2. The number of anilines is 2. The number of nitrogen functional groups attached to an aromatic ring is 1. The third kappa shape index (κ3) is 2.19. The average molecular weight is 282 g/mol. The molecule has 2 rings (SSSR count). The smallest absolute Gasteiger partial charge is 0.199 e. The molecule has 1 heterocycles. The van der Waals surface area contributed by atoms with Crippen molar-refractivity contribution < 1.29 is 4.63 Å². The molecule has 0 unspecified atom stereocenters. The Morgan fingerprint density at radius 1 is 1.31 bits per heavy atom. The Hall–Kier alpha value is -1.89. The Labute approximate surface area is 99.4 Å². The van der Waals surface area contributed by atoms with E-state index in [1.54, 1.807) is 0 Å². The van der Waals surface area contributed by atoms with Gasteiger partial charge < -0.3 is 11.1 Å². The minimum absolute atomic E-state index is 0.0427.